The summed E-state index contributed by atoms with van der Waals surface area (Å²) >= 11 is 0. The van der Waals surface area contributed by atoms with Crippen LogP contribution >= 0.6 is 0 Å². The standard InChI is InChI=1S/C25H40O3/c1-16-18-9-5-6-14-25(18,3)20-13-15-24(2)17(8-7-10-21(26)28-4)11-12-19(24)22(20)23(16)27/h16-20,22H,5-15H2,1-4H3/t16-,17?,18?,19?,20?,22?,24?,25?/m1/s1. The van der Waals surface area contributed by atoms with Crippen molar-refractivity contribution < 1.29 is 14.3 Å². The summed E-state index contributed by atoms with van der Waals surface area (Å²) in [5.74, 6) is 3.57. The molecule has 0 radical (unpaired) electrons. The quantitative estimate of drug-likeness (QED) is 0.571. The third-order valence-electron chi connectivity index (χ3n) is 10.2. The monoisotopic (exact) mass is 388 g/mol. The highest BCUT2D eigenvalue weighted by molar-refractivity contribution is 5.85. The van der Waals surface area contributed by atoms with Crippen LogP contribution in [-0.4, -0.2) is 18.9 Å². The van der Waals surface area contributed by atoms with Gasteiger partial charge >= 0.3 is 5.97 Å². The van der Waals surface area contributed by atoms with Gasteiger partial charge < -0.3 is 4.74 Å². The van der Waals surface area contributed by atoms with Gasteiger partial charge in [0.1, 0.15) is 5.78 Å². The summed E-state index contributed by atoms with van der Waals surface area (Å²) in [5.41, 5.74) is 0.686. The molecule has 0 amide bonds. The highest BCUT2D eigenvalue weighted by atomic mass is 16.5. The van der Waals surface area contributed by atoms with E-state index in [4.69, 9.17) is 4.74 Å². The van der Waals surface area contributed by atoms with Crippen molar-refractivity contribution in [2.45, 2.75) is 91.4 Å². The molecule has 0 aromatic heterocycles. The Morgan fingerprint density at radius 1 is 1.00 bits per heavy atom. The summed E-state index contributed by atoms with van der Waals surface area (Å²) in [5, 5.41) is 0. The molecule has 3 nitrogen and oxygen atoms in total. The Morgan fingerprint density at radius 3 is 2.50 bits per heavy atom. The van der Waals surface area contributed by atoms with Crippen LogP contribution in [0.25, 0.3) is 0 Å². The Labute approximate surface area is 171 Å². The number of hydrogen-bond acceptors (Lipinski definition) is 3. The molecule has 4 rings (SSSR count). The first kappa shape index (κ1) is 20.4. The minimum Gasteiger partial charge on any atom is -0.469 e. The average Bonchev–Trinajstić information content (AvgIpc) is 3.02. The van der Waals surface area contributed by atoms with Crippen LogP contribution in [0.5, 0.6) is 0 Å². The second kappa shape index (κ2) is 7.43. The van der Waals surface area contributed by atoms with Crippen molar-refractivity contribution in [1.29, 1.82) is 0 Å². The highest BCUT2D eigenvalue weighted by Crippen LogP contribution is 2.67. The minimum atomic E-state index is -0.0871. The fourth-order valence-corrected chi connectivity index (χ4v) is 8.62. The van der Waals surface area contributed by atoms with Crippen LogP contribution in [0.4, 0.5) is 0 Å². The lowest BCUT2D eigenvalue weighted by molar-refractivity contribution is -0.165. The van der Waals surface area contributed by atoms with E-state index in [-0.39, 0.29) is 11.9 Å². The largest absolute Gasteiger partial charge is 0.469 e. The van der Waals surface area contributed by atoms with E-state index in [2.05, 4.69) is 20.8 Å². The predicted molar refractivity (Wildman–Crippen MR) is 111 cm³/mol. The second-order valence-electron chi connectivity index (χ2n) is 11.1. The summed E-state index contributed by atoms with van der Waals surface area (Å²) in [6, 6.07) is 0. The Morgan fingerprint density at radius 2 is 1.75 bits per heavy atom. The van der Waals surface area contributed by atoms with Crippen molar-refractivity contribution in [2.75, 3.05) is 7.11 Å². The molecular formula is C25H40O3. The Kier molecular flexibility index (Phi) is 5.42. The van der Waals surface area contributed by atoms with E-state index < -0.39 is 0 Å². The van der Waals surface area contributed by atoms with Gasteiger partial charge in [0, 0.05) is 18.3 Å². The molecule has 0 bridgehead atoms. The van der Waals surface area contributed by atoms with Crippen LogP contribution in [0, 0.1) is 46.3 Å². The Bertz CT molecular complexity index is 627. The molecule has 4 fully saturated rings. The minimum absolute atomic E-state index is 0.0871. The Hall–Kier alpha value is -0.860. The summed E-state index contributed by atoms with van der Waals surface area (Å²) in [6.07, 6.45) is 12.9. The number of fused-ring (bicyclic) bond motifs is 5. The number of esters is 1. The third kappa shape index (κ3) is 2.98. The number of ether oxygens (including phenoxy) is 1. The van der Waals surface area contributed by atoms with E-state index in [0.29, 0.717) is 52.6 Å². The SMILES string of the molecule is COC(=O)CCCC1CCC2C3C(=O)[C@H](C)C4CCCCC4(C)C3CCC12C. The molecule has 7 unspecified atom stereocenters. The molecule has 8 atom stereocenters. The number of rotatable bonds is 4. The third-order valence-corrected chi connectivity index (χ3v) is 10.2. The maximum atomic E-state index is 13.6. The van der Waals surface area contributed by atoms with Gasteiger partial charge in [0.15, 0.2) is 0 Å². The van der Waals surface area contributed by atoms with Gasteiger partial charge in [0.05, 0.1) is 7.11 Å². The molecule has 4 saturated carbocycles. The molecule has 4 aliphatic carbocycles. The number of Topliss-reactive ketones (excluding diaryl/α,β-unsaturated/α-hetero) is 1. The van der Waals surface area contributed by atoms with Crippen molar-refractivity contribution in [3.8, 4) is 0 Å². The smallest absolute Gasteiger partial charge is 0.305 e. The van der Waals surface area contributed by atoms with E-state index in [1.54, 1.807) is 0 Å². The van der Waals surface area contributed by atoms with E-state index in [1.165, 1.54) is 58.5 Å². The first-order valence-electron chi connectivity index (χ1n) is 11.9. The second-order valence-corrected chi connectivity index (χ2v) is 11.1. The molecule has 28 heavy (non-hydrogen) atoms. The summed E-state index contributed by atoms with van der Waals surface area (Å²) < 4.78 is 4.82. The molecule has 0 aromatic carbocycles. The number of ketones is 1. The van der Waals surface area contributed by atoms with Crippen molar-refractivity contribution in [3.63, 3.8) is 0 Å². The van der Waals surface area contributed by atoms with Crippen LogP contribution in [-0.2, 0) is 14.3 Å². The topological polar surface area (TPSA) is 43.4 Å². The summed E-state index contributed by atoms with van der Waals surface area (Å²) in [6.45, 7) is 7.28. The van der Waals surface area contributed by atoms with Crippen LogP contribution in [0.3, 0.4) is 0 Å². The zero-order chi connectivity index (χ0) is 20.1. The molecule has 0 saturated heterocycles. The summed E-state index contributed by atoms with van der Waals surface area (Å²) in [4.78, 5) is 25.1. The fourth-order valence-electron chi connectivity index (χ4n) is 8.62. The molecule has 3 heteroatoms. The molecular weight excluding hydrogens is 348 g/mol. The van der Waals surface area contributed by atoms with Gasteiger partial charge in [-0.25, -0.2) is 0 Å². The van der Waals surface area contributed by atoms with Gasteiger partial charge in [-0.3, -0.25) is 9.59 Å². The fraction of sp³-hybridized carbons (Fsp3) is 0.920. The maximum absolute atomic E-state index is 13.6. The lowest BCUT2D eigenvalue weighted by Gasteiger charge is -2.61. The molecule has 0 aromatic rings. The predicted octanol–water partition coefficient (Wildman–Crippen LogP) is 5.80. The number of carbonyl (C=O) groups excluding carboxylic acids is 2. The molecule has 0 N–H and O–H groups in total. The van der Waals surface area contributed by atoms with Gasteiger partial charge in [0.2, 0.25) is 0 Å². The first-order chi connectivity index (χ1) is 13.3. The number of carbonyl (C=O) groups is 2. The molecule has 0 aliphatic heterocycles. The molecule has 4 aliphatic rings. The van der Waals surface area contributed by atoms with Gasteiger partial charge in [-0.15, -0.1) is 0 Å². The Balaban J connectivity index is 1.54. The maximum Gasteiger partial charge on any atom is 0.305 e. The van der Waals surface area contributed by atoms with Crippen molar-refractivity contribution in [1.82, 2.24) is 0 Å². The zero-order valence-corrected chi connectivity index (χ0v) is 18.5. The normalized spacial score (nSPS) is 47.8. The number of methoxy groups -OCH3 is 1. The number of hydrogen-bond donors (Lipinski definition) is 0. The lowest BCUT2D eigenvalue weighted by Crippen LogP contribution is -2.59. The van der Waals surface area contributed by atoms with Crippen molar-refractivity contribution in [2.24, 2.45) is 46.3 Å². The summed E-state index contributed by atoms with van der Waals surface area (Å²) in [7, 11) is 1.48. The molecule has 0 spiro atoms. The van der Waals surface area contributed by atoms with Crippen LogP contribution < -0.4 is 0 Å². The first-order valence-corrected chi connectivity index (χ1v) is 11.9. The van der Waals surface area contributed by atoms with Crippen molar-refractivity contribution in [3.05, 3.63) is 0 Å². The van der Waals surface area contributed by atoms with E-state index in [1.807, 2.05) is 0 Å². The molecule has 158 valence electrons. The van der Waals surface area contributed by atoms with Crippen LogP contribution in [0.15, 0.2) is 0 Å². The van der Waals surface area contributed by atoms with Crippen LogP contribution in [0.2, 0.25) is 0 Å². The van der Waals surface area contributed by atoms with Crippen LogP contribution in [0.1, 0.15) is 91.4 Å². The highest BCUT2D eigenvalue weighted by Gasteiger charge is 2.63. The lowest BCUT2D eigenvalue weighted by atomic mass is 9.42. The zero-order valence-electron chi connectivity index (χ0n) is 18.5. The molecule has 0 heterocycles. The van der Waals surface area contributed by atoms with Gasteiger partial charge in [-0.05, 0) is 85.9 Å². The van der Waals surface area contributed by atoms with E-state index >= 15 is 0 Å². The van der Waals surface area contributed by atoms with Gasteiger partial charge in [0.25, 0.3) is 0 Å². The average molecular weight is 389 g/mol. The van der Waals surface area contributed by atoms with E-state index in [0.717, 1.165) is 12.8 Å². The van der Waals surface area contributed by atoms with Gasteiger partial charge in [-0.2, -0.15) is 0 Å². The van der Waals surface area contributed by atoms with Crippen molar-refractivity contribution >= 4 is 11.8 Å². The van der Waals surface area contributed by atoms with Gasteiger partial charge in [-0.1, -0.05) is 33.6 Å². The van der Waals surface area contributed by atoms with E-state index in [9.17, 15) is 9.59 Å².